The zero-order valence-electron chi connectivity index (χ0n) is 10.9. The summed E-state index contributed by atoms with van der Waals surface area (Å²) in [5, 5.41) is 12.3. The van der Waals surface area contributed by atoms with Gasteiger partial charge in [0.25, 0.3) is 0 Å². The highest BCUT2D eigenvalue weighted by atomic mass is 15.4. The van der Waals surface area contributed by atoms with Crippen LogP contribution in [0, 0.1) is 0 Å². The summed E-state index contributed by atoms with van der Waals surface area (Å²) in [4.78, 5) is 4.71. The highest BCUT2D eigenvalue weighted by Gasteiger charge is 2.17. The van der Waals surface area contributed by atoms with Crippen LogP contribution >= 0.6 is 0 Å². The van der Waals surface area contributed by atoms with Gasteiger partial charge in [-0.05, 0) is 19.2 Å². The predicted octanol–water partition coefficient (Wildman–Crippen LogP) is 1.67. The molecule has 5 heteroatoms. The van der Waals surface area contributed by atoms with Gasteiger partial charge in [-0.2, -0.15) is 0 Å². The van der Waals surface area contributed by atoms with Crippen LogP contribution in [0.1, 0.15) is 17.4 Å². The number of fused-ring (bicyclic) bond motifs is 1. The third-order valence-corrected chi connectivity index (χ3v) is 3.25. The molecule has 0 spiro atoms. The Hall–Kier alpha value is -2.27. The number of aryl methyl sites for hydroxylation is 1. The van der Waals surface area contributed by atoms with Crippen molar-refractivity contribution in [2.75, 3.05) is 7.05 Å². The molecule has 5 nitrogen and oxygen atoms in total. The maximum atomic E-state index is 4.71. The van der Waals surface area contributed by atoms with Gasteiger partial charge in [0, 0.05) is 12.4 Å². The lowest BCUT2D eigenvalue weighted by molar-refractivity contribution is 0.589. The van der Waals surface area contributed by atoms with Crippen molar-refractivity contribution < 1.29 is 0 Å². The Morgan fingerprint density at radius 1 is 1.16 bits per heavy atom. The van der Waals surface area contributed by atoms with Gasteiger partial charge in [0.15, 0.2) is 0 Å². The first-order valence-corrected chi connectivity index (χ1v) is 6.17. The first-order valence-electron chi connectivity index (χ1n) is 6.17. The van der Waals surface area contributed by atoms with Gasteiger partial charge in [-0.1, -0.05) is 29.5 Å². The molecule has 1 unspecified atom stereocenters. The second-order valence-electron chi connectivity index (χ2n) is 4.43. The van der Waals surface area contributed by atoms with Crippen LogP contribution in [0.25, 0.3) is 10.9 Å². The average Bonchev–Trinajstić information content (AvgIpc) is 2.86. The van der Waals surface area contributed by atoms with Crippen LogP contribution in [0.15, 0.2) is 42.6 Å². The van der Waals surface area contributed by atoms with Crippen molar-refractivity contribution in [1.82, 2.24) is 25.3 Å². The van der Waals surface area contributed by atoms with Gasteiger partial charge in [-0.3, -0.25) is 9.67 Å². The fraction of sp³-hybridized carbons (Fsp3) is 0.214. The van der Waals surface area contributed by atoms with Crippen LogP contribution in [0.2, 0.25) is 0 Å². The van der Waals surface area contributed by atoms with Gasteiger partial charge >= 0.3 is 0 Å². The maximum absolute atomic E-state index is 4.71. The smallest absolute Gasteiger partial charge is 0.0936 e. The molecule has 0 aliphatic rings. The summed E-state index contributed by atoms with van der Waals surface area (Å²) >= 11 is 0. The Kier molecular flexibility index (Phi) is 2.97. The van der Waals surface area contributed by atoms with Crippen LogP contribution in [0.5, 0.6) is 0 Å². The number of nitrogens with one attached hydrogen (secondary N) is 1. The lowest BCUT2D eigenvalue weighted by atomic mass is 10.1. The Morgan fingerprint density at radius 3 is 2.74 bits per heavy atom. The van der Waals surface area contributed by atoms with Crippen LogP contribution < -0.4 is 5.32 Å². The molecule has 0 fully saturated rings. The Balaban J connectivity index is 2.09. The summed E-state index contributed by atoms with van der Waals surface area (Å²) in [6.45, 7) is 0. The van der Waals surface area contributed by atoms with Gasteiger partial charge in [-0.15, -0.1) is 5.10 Å². The summed E-state index contributed by atoms with van der Waals surface area (Å²) < 4.78 is 1.76. The highest BCUT2D eigenvalue weighted by Crippen LogP contribution is 2.21. The average molecular weight is 253 g/mol. The molecular formula is C14H15N5. The van der Waals surface area contributed by atoms with Crippen molar-refractivity contribution in [3.8, 4) is 0 Å². The first-order chi connectivity index (χ1) is 9.29. The minimum absolute atomic E-state index is 0.00962. The largest absolute Gasteiger partial charge is 0.307 e. The molecule has 2 heterocycles. The van der Waals surface area contributed by atoms with Gasteiger partial charge in [0.05, 0.1) is 29.1 Å². The van der Waals surface area contributed by atoms with Crippen molar-refractivity contribution in [2.45, 2.75) is 6.04 Å². The van der Waals surface area contributed by atoms with E-state index in [-0.39, 0.29) is 6.04 Å². The molecule has 3 aromatic rings. The molecule has 0 radical (unpaired) electrons. The molecule has 0 bridgehead atoms. The SMILES string of the molecule is CNC(c1ccc2ccccc2n1)c1cnnn1C. The Bertz CT molecular complexity index is 704. The van der Waals surface area contributed by atoms with Gasteiger partial charge < -0.3 is 5.32 Å². The Morgan fingerprint density at radius 2 is 2.00 bits per heavy atom. The monoisotopic (exact) mass is 253 g/mol. The third kappa shape index (κ3) is 2.08. The topological polar surface area (TPSA) is 55.6 Å². The zero-order valence-corrected chi connectivity index (χ0v) is 10.9. The fourth-order valence-corrected chi connectivity index (χ4v) is 2.25. The zero-order chi connectivity index (χ0) is 13.2. The fourth-order valence-electron chi connectivity index (χ4n) is 2.25. The number of nitrogens with zero attached hydrogens (tertiary/aromatic N) is 4. The second kappa shape index (κ2) is 4.78. The van der Waals surface area contributed by atoms with Crippen molar-refractivity contribution in [1.29, 1.82) is 0 Å². The predicted molar refractivity (Wildman–Crippen MR) is 73.6 cm³/mol. The van der Waals surface area contributed by atoms with E-state index in [1.807, 2.05) is 38.4 Å². The molecule has 96 valence electrons. The van der Waals surface area contributed by atoms with E-state index in [1.165, 1.54) is 0 Å². The molecule has 1 N–H and O–H groups in total. The van der Waals surface area contributed by atoms with E-state index in [0.717, 1.165) is 22.3 Å². The van der Waals surface area contributed by atoms with Crippen LogP contribution in [-0.2, 0) is 7.05 Å². The van der Waals surface area contributed by atoms with Crippen molar-refractivity contribution in [2.24, 2.45) is 7.05 Å². The lowest BCUT2D eigenvalue weighted by Gasteiger charge is -2.15. The molecule has 2 aromatic heterocycles. The van der Waals surface area contributed by atoms with E-state index in [4.69, 9.17) is 4.98 Å². The van der Waals surface area contributed by atoms with E-state index >= 15 is 0 Å². The molecular weight excluding hydrogens is 238 g/mol. The molecule has 0 saturated carbocycles. The number of hydrogen-bond acceptors (Lipinski definition) is 4. The summed E-state index contributed by atoms with van der Waals surface area (Å²) in [6, 6.07) is 12.2. The summed E-state index contributed by atoms with van der Waals surface area (Å²) in [7, 11) is 3.79. The van der Waals surface area contributed by atoms with Crippen molar-refractivity contribution in [3.63, 3.8) is 0 Å². The molecule has 1 atom stereocenters. The first kappa shape index (κ1) is 11.8. The standard InChI is InChI=1S/C14H15N5/c1-15-14(13-9-16-18-19(13)2)12-8-7-10-5-3-4-6-11(10)17-12/h3-9,14-15H,1-2H3. The van der Waals surface area contributed by atoms with E-state index in [0.29, 0.717) is 0 Å². The molecule has 0 aliphatic carbocycles. The minimum Gasteiger partial charge on any atom is -0.307 e. The molecule has 0 aliphatic heterocycles. The molecule has 19 heavy (non-hydrogen) atoms. The summed E-state index contributed by atoms with van der Waals surface area (Å²) in [5.74, 6) is 0. The molecule has 1 aromatic carbocycles. The summed E-state index contributed by atoms with van der Waals surface area (Å²) in [5.41, 5.74) is 2.95. The number of hydrogen-bond donors (Lipinski definition) is 1. The number of pyridine rings is 1. The molecule has 3 rings (SSSR count). The quantitative estimate of drug-likeness (QED) is 0.771. The normalized spacial score (nSPS) is 12.7. The third-order valence-electron chi connectivity index (χ3n) is 3.25. The molecule has 0 amide bonds. The summed E-state index contributed by atoms with van der Waals surface area (Å²) in [6.07, 6.45) is 1.76. The van der Waals surface area contributed by atoms with Crippen molar-refractivity contribution in [3.05, 3.63) is 54.0 Å². The number of rotatable bonds is 3. The highest BCUT2D eigenvalue weighted by molar-refractivity contribution is 5.78. The van der Waals surface area contributed by atoms with Crippen LogP contribution in [0.4, 0.5) is 0 Å². The molecule has 0 saturated heterocycles. The van der Waals surface area contributed by atoms with Crippen molar-refractivity contribution >= 4 is 10.9 Å². The second-order valence-corrected chi connectivity index (χ2v) is 4.43. The van der Waals surface area contributed by atoms with E-state index in [2.05, 4.69) is 27.8 Å². The van der Waals surface area contributed by atoms with Crippen LogP contribution in [-0.4, -0.2) is 27.0 Å². The minimum atomic E-state index is -0.00962. The number of aromatic nitrogens is 4. The van der Waals surface area contributed by atoms with E-state index in [1.54, 1.807) is 10.9 Å². The van der Waals surface area contributed by atoms with E-state index in [9.17, 15) is 0 Å². The maximum Gasteiger partial charge on any atom is 0.0936 e. The lowest BCUT2D eigenvalue weighted by Crippen LogP contribution is -2.21. The van der Waals surface area contributed by atoms with E-state index < -0.39 is 0 Å². The van der Waals surface area contributed by atoms with Gasteiger partial charge in [-0.25, -0.2) is 0 Å². The Labute approximate surface area is 111 Å². The van der Waals surface area contributed by atoms with Gasteiger partial charge in [0.1, 0.15) is 0 Å². The number of para-hydroxylation sites is 1. The van der Waals surface area contributed by atoms with Crippen LogP contribution in [0.3, 0.4) is 0 Å². The van der Waals surface area contributed by atoms with Gasteiger partial charge in [0.2, 0.25) is 0 Å². The number of benzene rings is 1.